The molecule has 5 heteroatoms. The van der Waals surface area contributed by atoms with E-state index in [2.05, 4.69) is 21.9 Å². The lowest BCUT2D eigenvalue weighted by Crippen LogP contribution is -2.34. The van der Waals surface area contributed by atoms with Crippen LogP contribution in [0.1, 0.15) is 6.92 Å². The van der Waals surface area contributed by atoms with Crippen molar-refractivity contribution in [2.24, 2.45) is 0 Å². The van der Waals surface area contributed by atoms with Gasteiger partial charge in [-0.15, -0.1) is 0 Å². The predicted octanol–water partition coefficient (Wildman–Crippen LogP) is 1.26. The Bertz CT molecular complexity index is 592. The molecule has 0 aliphatic rings. The molecule has 0 saturated carbocycles. The third-order valence-corrected chi connectivity index (χ3v) is 3.11. The Balaban J connectivity index is 2.33. The van der Waals surface area contributed by atoms with E-state index in [-0.39, 0.29) is 11.6 Å². The molecule has 0 aliphatic heterocycles. The summed E-state index contributed by atoms with van der Waals surface area (Å²) in [6.45, 7) is 2.62. The first-order chi connectivity index (χ1) is 9.08. The predicted molar refractivity (Wildman–Crippen MR) is 74.9 cm³/mol. The number of rotatable bonds is 4. The summed E-state index contributed by atoms with van der Waals surface area (Å²) >= 11 is 0. The normalized spacial score (nSPS) is 12.6. The van der Waals surface area contributed by atoms with Crippen molar-refractivity contribution < 1.29 is 0 Å². The zero-order chi connectivity index (χ0) is 13.8. The average molecular weight is 258 g/mol. The fraction of sp³-hybridized carbons (Fsp3) is 0.357. The molecule has 0 N–H and O–H groups in total. The van der Waals surface area contributed by atoms with Crippen LogP contribution in [-0.2, 0) is 6.54 Å². The Morgan fingerprint density at radius 3 is 2.63 bits per heavy atom. The highest BCUT2D eigenvalue weighted by molar-refractivity contribution is 5.52. The highest BCUT2D eigenvalue weighted by atomic mass is 16.1. The molecule has 0 unspecified atom stereocenters. The summed E-state index contributed by atoms with van der Waals surface area (Å²) in [5, 5.41) is 4.38. The van der Waals surface area contributed by atoms with Gasteiger partial charge in [-0.3, -0.25) is 9.78 Å². The Morgan fingerprint density at radius 2 is 2.00 bits per heavy atom. The molecule has 2 rings (SSSR count). The fourth-order valence-electron chi connectivity index (χ4n) is 1.64. The Kier molecular flexibility index (Phi) is 4.06. The summed E-state index contributed by atoms with van der Waals surface area (Å²) in [5.74, 6) is 0. The lowest BCUT2D eigenvalue weighted by Gasteiger charge is -2.20. The van der Waals surface area contributed by atoms with Crippen molar-refractivity contribution in [2.45, 2.75) is 19.5 Å². The molecule has 0 fully saturated rings. The van der Waals surface area contributed by atoms with Crippen molar-refractivity contribution in [2.75, 3.05) is 14.1 Å². The zero-order valence-electron chi connectivity index (χ0n) is 11.4. The van der Waals surface area contributed by atoms with Crippen LogP contribution in [0.2, 0.25) is 0 Å². The van der Waals surface area contributed by atoms with Crippen LogP contribution in [0.5, 0.6) is 0 Å². The van der Waals surface area contributed by atoms with Gasteiger partial charge in [0.15, 0.2) is 0 Å². The Labute approximate surface area is 112 Å². The van der Waals surface area contributed by atoms with Gasteiger partial charge in [-0.05, 0) is 39.2 Å². The van der Waals surface area contributed by atoms with Gasteiger partial charge < -0.3 is 4.90 Å². The van der Waals surface area contributed by atoms with E-state index in [0.717, 1.165) is 5.69 Å². The van der Waals surface area contributed by atoms with Gasteiger partial charge in [-0.25, -0.2) is 4.68 Å². The summed E-state index contributed by atoms with van der Waals surface area (Å²) in [6, 6.07) is 9.13. The molecule has 2 aromatic rings. The maximum absolute atomic E-state index is 11.8. The van der Waals surface area contributed by atoms with Gasteiger partial charge in [0.2, 0.25) is 0 Å². The molecular formula is C14H18N4O. The second kappa shape index (κ2) is 5.75. The maximum Gasteiger partial charge on any atom is 0.266 e. The van der Waals surface area contributed by atoms with E-state index in [1.807, 2.05) is 32.3 Å². The average Bonchev–Trinajstić information content (AvgIpc) is 2.42. The number of hydrogen-bond acceptors (Lipinski definition) is 4. The molecule has 2 aromatic heterocycles. The molecule has 19 heavy (non-hydrogen) atoms. The summed E-state index contributed by atoms with van der Waals surface area (Å²) in [6.07, 6.45) is 1.72. The lowest BCUT2D eigenvalue weighted by molar-refractivity contribution is 0.272. The van der Waals surface area contributed by atoms with Gasteiger partial charge >= 0.3 is 0 Å². The van der Waals surface area contributed by atoms with Crippen molar-refractivity contribution in [3.63, 3.8) is 0 Å². The summed E-state index contributed by atoms with van der Waals surface area (Å²) in [5.41, 5.74) is 1.40. The van der Waals surface area contributed by atoms with Gasteiger partial charge in [0.1, 0.15) is 5.69 Å². The van der Waals surface area contributed by atoms with Crippen LogP contribution in [0.15, 0.2) is 41.3 Å². The SMILES string of the molecule is C[C@H](Cn1nc(-c2ccccn2)ccc1=O)N(C)C. The molecule has 0 amide bonds. The number of pyridine rings is 1. The topological polar surface area (TPSA) is 51.0 Å². The van der Waals surface area contributed by atoms with Gasteiger partial charge in [-0.1, -0.05) is 6.07 Å². The second-order valence-corrected chi connectivity index (χ2v) is 4.77. The van der Waals surface area contributed by atoms with Gasteiger partial charge in [0.05, 0.1) is 12.2 Å². The van der Waals surface area contributed by atoms with E-state index in [1.165, 1.54) is 4.68 Å². The first-order valence-electron chi connectivity index (χ1n) is 6.24. The fourth-order valence-corrected chi connectivity index (χ4v) is 1.64. The molecule has 5 nitrogen and oxygen atoms in total. The highest BCUT2D eigenvalue weighted by Crippen LogP contribution is 2.10. The van der Waals surface area contributed by atoms with Crippen LogP contribution < -0.4 is 5.56 Å². The zero-order valence-corrected chi connectivity index (χ0v) is 11.4. The lowest BCUT2D eigenvalue weighted by atomic mass is 10.2. The Hall–Kier alpha value is -2.01. The molecule has 0 spiro atoms. The van der Waals surface area contributed by atoms with Crippen LogP contribution in [0.25, 0.3) is 11.4 Å². The molecule has 0 bridgehead atoms. The van der Waals surface area contributed by atoms with Crippen molar-refractivity contribution in [3.05, 3.63) is 46.9 Å². The molecule has 0 saturated heterocycles. The van der Waals surface area contributed by atoms with E-state index >= 15 is 0 Å². The monoisotopic (exact) mass is 258 g/mol. The van der Waals surface area contributed by atoms with Crippen LogP contribution in [0, 0.1) is 0 Å². The van der Waals surface area contributed by atoms with E-state index in [1.54, 1.807) is 18.3 Å². The first-order valence-corrected chi connectivity index (χ1v) is 6.24. The minimum absolute atomic E-state index is 0.0895. The molecule has 0 aliphatic carbocycles. The highest BCUT2D eigenvalue weighted by Gasteiger charge is 2.09. The summed E-state index contributed by atoms with van der Waals surface area (Å²) in [4.78, 5) is 18.1. The minimum Gasteiger partial charge on any atom is -0.305 e. The smallest absolute Gasteiger partial charge is 0.266 e. The van der Waals surface area contributed by atoms with E-state index < -0.39 is 0 Å². The third kappa shape index (κ3) is 3.26. The van der Waals surface area contributed by atoms with Crippen molar-refractivity contribution in [3.8, 4) is 11.4 Å². The molecule has 2 heterocycles. The standard InChI is InChI=1S/C14H18N4O/c1-11(17(2)3)10-18-14(19)8-7-13(16-18)12-6-4-5-9-15-12/h4-9,11H,10H2,1-3H3/t11-/m1/s1. The number of likely N-dealkylation sites (N-methyl/N-ethyl adjacent to an activating group) is 1. The molecule has 0 aromatic carbocycles. The number of aromatic nitrogens is 3. The van der Waals surface area contributed by atoms with Crippen molar-refractivity contribution >= 4 is 0 Å². The van der Waals surface area contributed by atoms with Gasteiger partial charge in [0.25, 0.3) is 5.56 Å². The van der Waals surface area contributed by atoms with E-state index in [4.69, 9.17) is 0 Å². The quantitative estimate of drug-likeness (QED) is 0.828. The molecular weight excluding hydrogens is 240 g/mol. The van der Waals surface area contributed by atoms with Crippen LogP contribution in [0.3, 0.4) is 0 Å². The van der Waals surface area contributed by atoms with Gasteiger partial charge in [-0.2, -0.15) is 5.10 Å². The minimum atomic E-state index is -0.0895. The largest absolute Gasteiger partial charge is 0.305 e. The second-order valence-electron chi connectivity index (χ2n) is 4.77. The van der Waals surface area contributed by atoms with Crippen LogP contribution in [-0.4, -0.2) is 39.8 Å². The number of hydrogen-bond donors (Lipinski definition) is 0. The molecule has 100 valence electrons. The van der Waals surface area contributed by atoms with Crippen LogP contribution >= 0.6 is 0 Å². The van der Waals surface area contributed by atoms with E-state index in [0.29, 0.717) is 12.2 Å². The Morgan fingerprint density at radius 1 is 1.21 bits per heavy atom. The molecule has 0 radical (unpaired) electrons. The first kappa shape index (κ1) is 13.4. The summed E-state index contributed by atoms with van der Waals surface area (Å²) < 4.78 is 1.49. The van der Waals surface area contributed by atoms with E-state index in [9.17, 15) is 4.79 Å². The van der Waals surface area contributed by atoms with Gasteiger partial charge in [0, 0.05) is 18.3 Å². The van der Waals surface area contributed by atoms with Crippen molar-refractivity contribution in [1.82, 2.24) is 19.7 Å². The number of nitrogens with zero attached hydrogens (tertiary/aromatic N) is 4. The summed E-state index contributed by atoms with van der Waals surface area (Å²) in [7, 11) is 3.97. The third-order valence-electron chi connectivity index (χ3n) is 3.11. The molecule has 1 atom stereocenters. The van der Waals surface area contributed by atoms with Crippen LogP contribution in [0.4, 0.5) is 0 Å². The maximum atomic E-state index is 11.8. The van der Waals surface area contributed by atoms with Crippen molar-refractivity contribution in [1.29, 1.82) is 0 Å².